The zero-order valence-corrected chi connectivity index (χ0v) is 18.9. The first kappa shape index (κ1) is 21.6. The number of piperidine rings is 1. The lowest BCUT2D eigenvalue weighted by Gasteiger charge is -2.35. The monoisotopic (exact) mass is 449 g/mol. The number of hydrogen-bond donors (Lipinski definition) is 1. The molecule has 0 spiro atoms. The van der Waals surface area contributed by atoms with E-state index in [-0.39, 0.29) is 23.9 Å². The maximum atomic E-state index is 13.6. The van der Waals surface area contributed by atoms with Crippen molar-refractivity contribution in [3.63, 3.8) is 0 Å². The summed E-state index contributed by atoms with van der Waals surface area (Å²) in [5.41, 5.74) is 1.87. The van der Waals surface area contributed by atoms with Crippen molar-refractivity contribution >= 4 is 17.6 Å². The molecule has 2 fully saturated rings. The molecular weight excluding hydrogens is 418 g/mol. The quantitative estimate of drug-likeness (QED) is 0.751. The summed E-state index contributed by atoms with van der Waals surface area (Å²) in [6.45, 7) is 3.20. The van der Waals surface area contributed by atoms with Gasteiger partial charge in [0.1, 0.15) is 0 Å². The van der Waals surface area contributed by atoms with Crippen LogP contribution in [0.2, 0.25) is 0 Å². The van der Waals surface area contributed by atoms with Crippen LogP contribution in [0.1, 0.15) is 43.7 Å². The van der Waals surface area contributed by atoms with Crippen LogP contribution in [-0.4, -0.2) is 54.6 Å². The predicted octanol–water partition coefficient (Wildman–Crippen LogP) is 4.46. The van der Waals surface area contributed by atoms with Gasteiger partial charge in [0.15, 0.2) is 11.5 Å². The van der Waals surface area contributed by atoms with Crippen LogP contribution in [0.15, 0.2) is 48.5 Å². The number of amides is 3. The molecule has 0 unspecified atom stereocenters. The highest BCUT2D eigenvalue weighted by atomic mass is 16.5. The SMILES string of the molecule is O=C(Nc1ccccc1)N1CCC[C@@H](C(=O)N2CCC[C@H]2c2ccc3c(c2)OCCCO3)C1. The molecule has 1 N–H and O–H groups in total. The number of carbonyl (C=O) groups is 2. The highest BCUT2D eigenvalue weighted by molar-refractivity contribution is 5.90. The molecule has 7 nitrogen and oxygen atoms in total. The molecule has 0 saturated carbocycles. The number of fused-ring (bicyclic) bond motifs is 1. The molecule has 2 atom stereocenters. The van der Waals surface area contributed by atoms with Gasteiger partial charge < -0.3 is 24.6 Å². The van der Waals surface area contributed by atoms with Crippen LogP contribution in [0.3, 0.4) is 0 Å². The molecule has 2 aromatic carbocycles. The van der Waals surface area contributed by atoms with E-state index in [0.717, 1.165) is 61.4 Å². The van der Waals surface area contributed by atoms with Gasteiger partial charge in [0.25, 0.3) is 0 Å². The van der Waals surface area contributed by atoms with Crippen molar-refractivity contribution in [3.8, 4) is 11.5 Å². The van der Waals surface area contributed by atoms with E-state index in [1.165, 1.54) is 0 Å². The van der Waals surface area contributed by atoms with Crippen molar-refractivity contribution in [1.29, 1.82) is 0 Å². The van der Waals surface area contributed by atoms with Gasteiger partial charge in [-0.2, -0.15) is 0 Å². The van der Waals surface area contributed by atoms with Crippen LogP contribution < -0.4 is 14.8 Å². The Kier molecular flexibility index (Phi) is 6.37. The largest absolute Gasteiger partial charge is 0.490 e. The van der Waals surface area contributed by atoms with E-state index in [4.69, 9.17) is 9.47 Å². The van der Waals surface area contributed by atoms with Crippen molar-refractivity contribution in [2.24, 2.45) is 5.92 Å². The summed E-state index contributed by atoms with van der Waals surface area (Å²) >= 11 is 0. The van der Waals surface area contributed by atoms with Gasteiger partial charge in [-0.3, -0.25) is 4.79 Å². The van der Waals surface area contributed by atoms with E-state index in [2.05, 4.69) is 11.4 Å². The van der Waals surface area contributed by atoms with Crippen molar-refractivity contribution < 1.29 is 19.1 Å². The fourth-order valence-electron chi connectivity index (χ4n) is 5.09. The van der Waals surface area contributed by atoms with Crippen LogP contribution in [0.5, 0.6) is 11.5 Å². The number of anilines is 1. The highest BCUT2D eigenvalue weighted by Crippen LogP contribution is 2.39. The van der Waals surface area contributed by atoms with Crippen LogP contribution in [0, 0.1) is 5.92 Å². The van der Waals surface area contributed by atoms with Gasteiger partial charge in [-0.15, -0.1) is 0 Å². The van der Waals surface area contributed by atoms with Crippen molar-refractivity contribution in [3.05, 3.63) is 54.1 Å². The molecule has 0 bridgehead atoms. The van der Waals surface area contributed by atoms with E-state index in [9.17, 15) is 9.59 Å². The first-order chi connectivity index (χ1) is 16.2. The maximum absolute atomic E-state index is 13.6. The van der Waals surface area contributed by atoms with Gasteiger partial charge >= 0.3 is 6.03 Å². The summed E-state index contributed by atoms with van der Waals surface area (Å²) in [5.74, 6) is 1.54. The summed E-state index contributed by atoms with van der Waals surface area (Å²) in [6.07, 6.45) is 4.44. The molecule has 174 valence electrons. The number of urea groups is 1. The fourth-order valence-corrected chi connectivity index (χ4v) is 5.09. The summed E-state index contributed by atoms with van der Waals surface area (Å²) in [6, 6.07) is 15.4. The Balaban J connectivity index is 1.26. The van der Waals surface area contributed by atoms with Gasteiger partial charge in [0.2, 0.25) is 5.91 Å². The number of nitrogens with one attached hydrogen (secondary N) is 1. The molecule has 5 rings (SSSR count). The lowest BCUT2D eigenvalue weighted by Crippen LogP contribution is -2.47. The van der Waals surface area contributed by atoms with Crippen molar-refractivity contribution in [2.45, 2.75) is 38.1 Å². The topological polar surface area (TPSA) is 71.1 Å². The number of nitrogens with zero attached hydrogens (tertiary/aromatic N) is 2. The normalized spacial score (nSPS) is 22.5. The number of carbonyl (C=O) groups excluding carboxylic acids is 2. The van der Waals surface area contributed by atoms with Gasteiger partial charge in [-0.1, -0.05) is 24.3 Å². The third-order valence-electron chi connectivity index (χ3n) is 6.78. The summed E-state index contributed by atoms with van der Waals surface area (Å²) in [7, 11) is 0. The van der Waals surface area contributed by atoms with Gasteiger partial charge in [-0.05, 0) is 55.5 Å². The highest BCUT2D eigenvalue weighted by Gasteiger charge is 2.37. The standard InChI is InChI=1S/C26H31N3O4/c30-25(20-7-4-13-28(18-20)26(31)27-21-8-2-1-3-9-21)29-14-5-10-22(29)19-11-12-23-24(17-19)33-16-6-15-32-23/h1-3,8-9,11-12,17,20,22H,4-7,10,13-16,18H2,(H,27,31)/t20-,22+/m1/s1. The Morgan fingerprint density at radius 1 is 0.879 bits per heavy atom. The second-order valence-corrected chi connectivity index (χ2v) is 9.03. The zero-order valence-electron chi connectivity index (χ0n) is 18.9. The molecule has 2 saturated heterocycles. The number of likely N-dealkylation sites (tertiary alicyclic amines) is 2. The predicted molar refractivity (Wildman–Crippen MR) is 125 cm³/mol. The average Bonchev–Trinajstić information content (AvgIpc) is 3.23. The number of para-hydroxylation sites is 1. The smallest absolute Gasteiger partial charge is 0.321 e. The Hall–Kier alpha value is -3.22. The van der Waals surface area contributed by atoms with E-state index in [1.54, 1.807) is 4.90 Å². The molecular formula is C26H31N3O4. The van der Waals surface area contributed by atoms with Gasteiger partial charge in [-0.25, -0.2) is 4.79 Å². The van der Waals surface area contributed by atoms with Crippen molar-refractivity contribution in [2.75, 3.05) is 38.2 Å². The first-order valence-electron chi connectivity index (χ1n) is 12.0. The lowest BCUT2D eigenvalue weighted by molar-refractivity contribution is -0.137. The van der Waals surface area contributed by atoms with E-state index >= 15 is 0 Å². The fraction of sp³-hybridized carbons (Fsp3) is 0.462. The Bertz CT molecular complexity index is 996. The van der Waals surface area contributed by atoms with Crippen LogP contribution >= 0.6 is 0 Å². The Labute approximate surface area is 194 Å². The van der Waals surface area contributed by atoms with Crippen LogP contribution in [0.4, 0.5) is 10.5 Å². The Morgan fingerprint density at radius 3 is 2.52 bits per heavy atom. The second-order valence-electron chi connectivity index (χ2n) is 9.03. The molecule has 3 aliphatic rings. The number of rotatable bonds is 3. The maximum Gasteiger partial charge on any atom is 0.321 e. The van der Waals surface area contributed by atoms with Gasteiger partial charge in [0, 0.05) is 31.7 Å². The molecule has 2 aromatic rings. The average molecular weight is 450 g/mol. The minimum atomic E-state index is -0.165. The molecule has 0 radical (unpaired) electrons. The third kappa shape index (κ3) is 4.77. The minimum Gasteiger partial charge on any atom is -0.490 e. The molecule has 0 aromatic heterocycles. The van der Waals surface area contributed by atoms with E-state index in [1.807, 2.05) is 47.4 Å². The third-order valence-corrected chi connectivity index (χ3v) is 6.78. The van der Waals surface area contributed by atoms with E-state index in [0.29, 0.717) is 26.3 Å². The Morgan fingerprint density at radius 2 is 1.67 bits per heavy atom. The number of benzene rings is 2. The minimum absolute atomic E-state index is 0.0446. The van der Waals surface area contributed by atoms with Crippen LogP contribution in [0.25, 0.3) is 0 Å². The number of hydrogen-bond acceptors (Lipinski definition) is 4. The van der Waals surface area contributed by atoms with Crippen LogP contribution in [-0.2, 0) is 4.79 Å². The van der Waals surface area contributed by atoms with E-state index < -0.39 is 0 Å². The summed E-state index contributed by atoms with van der Waals surface area (Å²) < 4.78 is 11.6. The summed E-state index contributed by atoms with van der Waals surface area (Å²) in [4.78, 5) is 30.1. The number of ether oxygens (including phenoxy) is 2. The lowest BCUT2D eigenvalue weighted by atomic mass is 9.95. The molecule has 7 heteroatoms. The molecule has 3 amide bonds. The molecule has 3 heterocycles. The molecule has 3 aliphatic heterocycles. The first-order valence-corrected chi connectivity index (χ1v) is 12.0. The van der Waals surface area contributed by atoms with Gasteiger partial charge in [0.05, 0.1) is 25.2 Å². The summed E-state index contributed by atoms with van der Waals surface area (Å²) in [5, 5.41) is 2.95. The zero-order chi connectivity index (χ0) is 22.6. The second kappa shape index (κ2) is 9.73. The van der Waals surface area contributed by atoms with Crippen molar-refractivity contribution in [1.82, 2.24) is 9.80 Å². The molecule has 33 heavy (non-hydrogen) atoms. The molecule has 0 aliphatic carbocycles.